The summed E-state index contributed by atoms with van der Waals surface area (Å²) in [4.78, 5) is 41.3. The van der Waals surface area contributed by atoms with Crippen LogP contribution in [0, 0.1) is 5.92 Å². The number of imide groups is 1. The van der Waals surface area contributed by atoms with Gasteiger partial charge in [-0.05, 0) is 57.5 Å². The van der Waals surface area contributed by atoms with Crippen LogP contribution in [0.5, 0.6) is 0 Å². The third-order valence-corrected chi connectivity index (χ3v) is 9.08. The number of carbonyl (C=O) groups excluding carboxylic acids is 3. The molecule has 2 N–H and O–H groups in total. The highest BCUT2D eigenvalue weighted by atomic mass is 32.2. The van der Waals surface area contributed by atoms with Crippen LogP contribution in [0.3, 0.4) is 0 Å². The van der Waals surface area contributed by atoms with Gasteiger partial charge in [-0.25, -0.2) is 13.2 Å². The normalized spacial score (nSPS) is 36.4. The van der Waals surface area contributed by atoms with Crippen LogP contribution in [0.15, 0.2) is 0 Å². The predicted octanol–water partition coefficient (Wildman–Crippen LogP) is 0.255. The molecule has 3 heterocycles. The average molecular weight is 441 g/mol. The van der Waals surface area contributed by atoms with Crippen LogP contribution in [0.2, 0.25) is 0 Å². The minimum atomic E-state index is -3.22. The van der Waals surface area contributed by atoms with Crippen molar-refractivity contribution < 1.29 is 22.8 Å². The van der Waals surface area contributed by atoms with E-state index < -0.39 is 33.4 Å². The van der Waals surface area contributed by atoms with E-state index in [0.29, 0.717) is 18.8 Å². The fourth-order valence-electron chi connectivity index (χ4n) is 5.53. The van der Waals surface area contributed by atoms with Gasteiger partial charge in [0.15, 0.2) is 9.84 Å². The number of hydrogen-bond acceptors (Lipinski definition) is 6. The van der Waals surface area contributed by atoms with Gasteiger partial charge < -0.3 is 10.6 Å². The highest BCUT2D eigenvalue weighted by molar-refractivity contribution is 7.91. The molecule has 3 aliphatic heterocycles. The standard InChI is InChI=1S/C20H32N4O5S/c1-2-14-5-7-20(8-6-14)18(26)24(19(27)22-20)11-17(25)21-15-12-30(28,29)13-16(15)23-9-3-4-10-23/h14-16H,2-13H2,1H3,(H,21,25)(H,22,27). The molecule has 2 unspecified atom stereocenters. The Hall–Kier alpha value is -1.68. The second-order valence-corrected chi connectivity index (χ2v) is 11.5. The molecule has 1 spiro atoms. The van der Waals surface area contributed by atoms with Gasteiger partial charge in [-0.3, -0.25) is 19.4 Å². The SMILES string of the molecule is CCC1CCC2(CC1)NC(=O)N(CC(=O)NC1CS(=O)(=O)CC1N1CCCC1)C2=O. The Kier molecular flexibility index (Phi) is 5.82. The summed E-state index contributed by atoms with van der Waals surface area (Å²) in [6.45, 7) is 3.43. The topological polar surface area (TPSA) is 116 Å². The first kappa shape index (κ1) is 21.5. The van der Waals surface area contributed by atoms with E-state index in [4.69, 9.17) is 0 Å². The second-order valence-electron chi connectivity index (χ2n) is 9.32. The average Bonchev–Trinajstić information content (AvgIpc) is 3.37. The van der Waals surface area contributed by atoms with Gasteiger partial charge in [-0.15, -0.1) is 0 Å². The molecular weight excluding hydrogens is 408 g/mol. The van der Waals surface area contributed by atoms with Gasteiger partial charge in [-0.2, -0.15) is 0 Å². The summed E-state index contributed by atoms with van der Waals surface area (Å²) in [6.07, 6.45) is 6.10. The van der Waals surface area contributed by atoms with Crippen molar-refractivity contribution in [3.05, 3.63) is 0 Å². The predicted molar refractivity (Wildman–Crippen MR) is 110 cm³/mol. The number of nitrogens with zero attached hydrogens (tertiary/aromatic N) is 2. The Labute approximate surface area is 177 Å². The lowest BCUT2D eigenvalue weighted by atomic mass is 9.75. The van der Waals surface area contributed by atoms with Crippen molar-refractivity contribution in [1.82, 2.24) is 20.4 Å². The number of nitrogens with one attached hydrogen (secondary N) is 2. The summed E-state index contributed by atoms with van der Waals surface area (Å²) < 4.78 is 24.4. The summed E-state index contributed by atoms with van der Waals surface area (Å²) in [6, 6.07) is -1.27. The number of likely N-dealkylation sites (tertiary alicyclic amines) is 1. The van der Waals surface area contributed by atoms with Crippen LogP contribution in [-0.2, 0) is 19.4 Å². The molecule has 4 rings (SSSR count). The molecule has 10 heteroatoms. The van der Waals surface area contributed by atoms with Crippen molar-refractivity contribution in [3.8, 4) is 0 Å². The smallest absolute Gasteiger partial charge is 0.325 e. The van der Waals surface area contributed by atoms with Crippen molar-refractivity contribution in [2.24, 2.45) is 5.92 Å². The molecule has 4 amide bonds. The number of amides is 4. The van der Waals surface area contributed by atoms with Crippen molar-refractivity contribution >= 4 is 27.7 Å². The van der Waals surface area contributed by atoms with Gasteiger partial charge in [-0.1, -0.05) is 13.3 Å². The Bertz CT molecular complexity index is 815. The van der Waals surface area contributed by atoms with Crippen LogP contribution < -0.4 is 10.6 Å². The highest BCUT2D eigenvalue weighted by Crippen LogP contribution is 2.37. The molecule has 3 saturated heterocycles. The zero-order valence-electron chi connectivity index (χ0n) is 17.6. The Morgan fingerprint density at radius 1 is 1.17 bits per heavy atom. The molecular formula is C20H32N4O5S. The molecule has 168 valence electrons. The second kappa shape index (κ2) is 8.11. The van der Waals surface area contributed by atoms with Crippen molar-refractivity contribution in [2.75, 3.05) is 31.1 Å². The maximum absolute atomic E-state index is 13.0. The number of hydrogen-bond donors (Lipinski definition) is 2. The van der Waals surface area contributed by atoms with E-state index in [1.807, 2.05) is 0 Å². The van der Waals surface area contributed by atoms with Gasteiger partial charge in [0, 0.05) is 6.04 Å². The van der Waals surface area contributed by atoms with Crippen molar-refractivity contribution in [3.63, 3.8) is 0 Å². The summed E-state index contributed by atoms with van der Waals surface area (Å²) in [5.74, 6) is -0.286. The number of sulfone groups is 1. The third-order valence-electron chi connectivity index (χ3n) is 7.36. The van der Waals surface area contributed by atoms with Gasteiger partial charge in [0.05, 0.1) is 17.5 Å². The summed E-state index contributed by atoms with van der Waals surface area (Å²) in [5, 5.41) is 5.64. The van der Waals surface area contributed by atoms with Gasteiger partial charge >= 0.3 is 6.03 Å². The molecule has 1 aliphatic carbocycles. The summed E-state index contributed by atoms with van der Waals surface area (Å²) >= 11 is 0. The maximum atomic E-state index is 13.0. The lowest BCUT2D eigenvalue weighted by Crippen LogP contribution is -2.53. The Morgan fingerprint density at radius 3 is 2.47 bits per heavy atom. The van der Waals surface area contributed by atoms with E-state index >= 15 is 0 Å². The number of carbonyl (C=O) groups is 3. The van der Waals surface area contributed by atoms with Gasteiger partial charge in [0.25, 0.3) is 5.91 Å². The third kappa shape index (κ3) is 4.08. The molecule has 0 aromatic carbocycles. The van der Waals surface area contributed by atoms with E-state index in [9.17, 15) is 22.8 Å². The van der Waals surface area contributed by atoms with Crippen molar-refractivity contribution in [1.29, 1.82) is 0 Å². The first-order valence-corrected chi connectivity index (χ1v) is 12.9. The zero-order valence-corrected chi connectivity index (χ0v) is 18.4. The zero-order chi connectivity index (χ0) is 21.5. The van der Waals surface area contributed by atoms with E-state index in [1.54, 1.807) is 0 Å². The largest absolute Gasteiger partial charge is 0.349 e. The first-order valence-electron chi connectivity index (χ1n) is 11.1. The molecule has 4 fully saturated rings. The summed E-state index contributed by atoms with van der Waals surface area (Å²) in [5.41, 5.74) is -0.877. The van der Waals surface area contributed by atoms with Crippen LogP contribution >= 0.6 is 0 Å². The fourth-order valence-corrected chi connectivity index (χ4v) is 7.49. The lowest BCUT2D eigenvalue weighted by molar-refractivity contribution is -0.136. The lowest BCUT2D eigenvalue weighted by Gasteiger charge is -2.34. The van der Waals surface area contributed by atoms with Gasteiger partial charge in [0.2, 0.25) is 5.91 Å². The van der Waals surface area contributed by atoms with Crippen LogP contribution in [-0.4, -0.2) is 84.8 Å². The molecule has 1 saturated carbocycles. The fraction of sp³-hybridized carbons (Fsp3) is 0.850. The molecule has 2 atom stereocenters. The van der Waals surface area contributed by atoms with E-state index in [1.165, 1.54) is 0 Å². The molecule has 4 aliphatic rings. The highest BCUT2D eigenvalue weighted by Gasteiger charge is 2.53. The quantitative estimate of drug-likeness (QED) is 0.593. The maximum Gasteiger partial charge on any atom is 0.325 e. The van der Waals surface area contributed by atoms with E-state index in [-0.39, 0.29) is 30.0 Å². The molecule has 0 aromatic rings. The minimum Gasteiger partial charge on any atom is -0.349 e. The number of rotatable bonds is 5. The number of urea groups is 1. The summed E-state index contributed by atoms with van der Waals surface area (Å²) in [7, 11) is -3.22. The van der Waals surface area contributed by atoms with Crippen LogP contribution in [0.25, 0.3) is 0 Å². The van der Waals surface area contributed by atoms with Crippen LogP contribution in [0.4, 0.5) is 4.79 Å². The minimum absolute atomic E-state index is 0.0444. The van der Waals surface area contributed by atoms with E-state index in [2.05, 4.69) is 22.5 Å². The Balaban J connectivity index is 1.39. The molecule has 0 aromatic heterocycles. The Morgan fingerprint density at radius 2 is 1.83 bits per heavy atom. The monoisotopic (exact) mass is 440 g/mol. The first-order chi connectivity index (χ1) is 14.2. The molecule has 9 nitrogen and oxygen atoms in total. The van der Waals surface area contributed by atoms with Gasteiger partial charge in [0.1, 0.15) is 12.1 Å². The molecule has 30 heavy (non-hydrogen) atoms. The van der Waals surface area contributed by atoms with Crippen LogP contribution in [0.1, 0.15) is 51.9 Å². The van der Waals surface area contributed by atoms with Crippen molar-refractivity contribution in [2.45, 2.75) is 69.5 Å². The molecule has 0 radical (unpaired) electrons. The molecule has 0 bridgehead atoms. The van der Waals surface area contributed by atoms with E-state index in [0.717, 1.165) is 50.1 Å².